The lowest BCUT2D eigenvalue weighted by molar-refractivity contribution is -0.127. The molecule has 0 bridgehead atoms. The summed E-state index contributed by atoms with van der Waals surface area (Å²) < 4.78 is 0. The SMILES string of the molecule is CN(C(=O)O)[C@@H](CC1CCCCC1)C(=O)NNCCC(N)=O. The Labute approximate surface area is 130 Å². The van der Waals surface area contributed by atoms with Gasteiger partial charge in [0.2, 0.25) is 5.91 Å². The minimum absolute atomic E-state index is 0.0995. The predicted octanol–water partition coefficient (Wildman–Crippen LogP) is 0.431. The van der Waals surface area contributed by atoms with E-state index in [4.69, 9.17) is 10.8 Å². The third kappa shape index (κ3) is 6.30. The molecule has 8 nitrogen and oxygen atoms in total. The molecular weight excluding hydrogens is 288 g/mol. The fourth-order valence-corrected chi connectivity index (χ4v) is 2.73. The van der Waals surface area contributed by atoms with Gasteiger partial charge in [0.05, 0.1) is 0 Å². The van der Waals surface area contributed by atoms with Crippen LogP contribution in [0.25, 0.3) is 0 Å². The van der Waals surface area contributed by atoms with E-state index in [9.17, 15) is 14.4 Å². The van der Waals surface area contributed by atoms with Crippen LogP contribution >= 0.6 is 0 Å². The number of nitrogens with zero attached hydrogens (tertiary/aromatic N) is 1. The van der Waals surface area contributed by atoms with Crippen molar-refractivity contribution in [2.75, 3.05) is 13.6 Å². The number of rotatable bonds is 8. The van der Waals surface area contributed by atoms with Gasteiger partial charge in [-0.25, -0.2) is 10.2 Å². The van der Waals surface area contributed by atoms with Crippen molar-refractivity contribution in [1.82, 2.24) is 15.8 Å². The Morgan fingerprint density at radius 1 is 1.27 bits per heavy atom. The first kappa shape index (κ1) is 18.2. The molecule has 126 valence electrons. The van der Waals surface area contributed by atoms with E-state index in [0.717, 1.165) is 30.6 Å². The number of hydrogen-bond donors (Lipinski definition) is 4. The normalized spacial score (nSPS) is 16.8. The van der Waals surface area contributed by atoms with Gasteiger partial charge < -0.3 is 10.8 Å². The molecule has 0 saturated heterocycles. The molecule has 8 heteroatoms. The van der Waals surface area contributed by atoms with Gasteiger partial charge >= 0.3 is 6.09 Å². The number of likely N-dealkylation sites (N-methyl/N-ethyl adjacent to an activating group) is 1. The molecule has 0 radical (unpaired) electrons. The van der Waals surface area contributed by atoms with Gasteiger partial charge in [0.15, 0.2) is 0 Å². The molecule has 0 heterocycles. The highest BCUT2D eigenvalue weighted by atomic mass is 16.4. The maximum atomic E-state index is 12.2. The summed E-state index contributed by atoms with van der Waals surface area (Å²) in [5, 5.41) is 9.14. The fourth-order valence-electron chi connectivity index (χ4n) is 2.73. The predicted molar refractivity (Wildman–Crippen MR) is 80.7 cm³/mol. The van der Waals surface area contributed by atoms with E-state index in [0.29, 0.717) is 12.3 Å². The zero-order valence-electron chi connectivity index (χ0n) is 13.0. The molecule has 1 fully saturated rings. The van der Waals surface area contributed by atoms with E-state index >= 15 is 0 Å². The molecule has 0 aromatic heterocycles. The minimum Gasteiger partial charge on any atom is -0.465 e. The first-order valence-electron chi connectivity index (χ1n) is 7.68. The third-order valence-electron chi connectivity index (χ3n) is 4.06. The second-order valence-corrected chi connectivity index (χ2v) is 5.78. The molecule has 0 aliphatic heterocycles. The molecule has 1 aliphatic rings. The van der Waals surface area contributed by atoms with Gasteiger partial charge in [0, 0.05) is 20.0 Å². The van der Waals surface area contributed by atoms with Crippen molar-refractivity contribution in [1.29, 1.82) is 0 Å². The number of amides is 3. The lowest BCUT2D eigenvalue weighted by atomic mass is 9.84. The van der Waals surface area contributed by atoms with E-state index in [-0.39, 0.29) is 13.0 Å². The summed E-state index contributed by atoms with van der Waals surface area (Å²) in [5.41, 5.74) is 10.1. The second kappa shape index (κ2) is 9.24. The average Bonchev–Trinajstić information content (AvgIpc) is 2.49. The zero-order chi connectivity index (χ0) is 16.5. The third-order valence-corrected chi connectivity index (χ3v) is 4.06. The van der Waals surface area contributed by atoms with Crippen LogP contribution in [0, 0.1) is 5.92 Å². The van der Waals surface area contributed by atoms with Crippen molar-refractivity contribution in [2.24, 2.45) is 11.7 Å². The maximum Gasteiger partial charge on any atom is 0.407 e. The van der Waals surface area contributed by atoms with Crippen molar-refractivity contribution >= 4 is 17.9 Å². The van der Waals surface area contributed by atoms with Crippen LogP contribution in [0.15, 0.2) is 0 Å². The standard InChI is InChI=1S/C14H26N4O4/c1-18(14(21)22)11(9-10-5-3-2-4-6-10)13(20)17-16-8-7-12(15)19/h10-11,16H,2-9H2,1H3,(H2,15,19)(H,17,20)(H,21,22)/t11-/m0/s1. The summed E-state index contributed by atoms with van der Waals surface area (Å²) in [6.45, 7) is 0.216. The molecule has 1 rings (SSSR count). The molecule has 5 N–H and O–H groups in total. The van der Waals surface area contributed by atoms with Gasteiger partial charge in [-0.1, -0.05) is 32.1 Å². The van der Waals surface area contributed by atoms with Crippen LogP contribution in [0.5, 0.6) is 0 Å². The quantitative estimate of drug-likeness (QED) is 0.382. The Morgan fingerprint density at radius 2 is 1.91 bits per heavy atom. The van der Waals surface area contributed by atoms with Gasteiger partial charge in [-0.15, -0.1) is 0 Å². The van der Waals surface area contributed by atoms with E-state index in [1.165, 1.54) is 13.5 Å². The maximum absolute atomic E-state index is 12.2. The fraction of sp³-hybridized carbons (Fsp3) is 0.786. The van der Waals surface area contributed by atoms with Crippen LogP contribution in [-0.4, -0.2) is 47.5 Å². The summed E-state index contributed by atoms with van der Waals surface area (Å²) in [6, 6.07) is -0.735. The van der Waals surface area contributed by atoms with Crippen LogP contribution in [-0.2, 0) is 9.59 Å². The summed E-state index contributed by atoms with van der Waals surface area (Å²) in [4.78, 5) is 35.0. The number of nitrogens with two attached hydrogens (primary N) is 1. The van der Waals surface area contributed by atoms with Gasteiger partial charge in [-0.05, 0) is 12.3 Å². The van der Waals surface area contributed by atoms with Crippen LogP contribution < -0.4 is 16.6 Å². The Hall–Kier alpha value is -1.83. The monoisotopic (exact) mass is 314 g/mol. The Bertz CT molecular complexity index is 396. The Balaban J connectivity index is 2.53. The lowest BCUT2D eigenvalue weighted by Gasteiger charge is -2.30. The number of hydrazine groups is 1. The molecule has 3 amide bonds. The van der Waals surface area contributed by atoms with Crippen LogP contribution in [0.2, 0.25) is 0 Å². The summed E-state index contributed by atoms with van der Waals surface area (Å²) >= 11 is 0. The second-order valence-electron chi connectivity index (χ2n) is 5.78. The number of carbonyl (C=O) groups excluding carboxylic acids is 2. The Morgan fingerprint density at radius 3 is 2.45 bits per heavy atom. The van der Waals surface area contributed by atoms with Gasteiger partial charge in [0.25, 0.3) is 5.91 Å². The summed E-state index contributed by atoms with van der Waals surface area (Å²) in [5.74, 6) is -0.500. The molecule has 1 saturated carbocycles. The molecular formula is C14H26N4O4. The van der Waals surface area contributed by atoms with E-state index in [1.807, 2.05) is 0 Å². The van der Waals surface area contributed by atoms with Crippen LogP contribution in [0.4, 0.5) is 4.79 Å². The largest absolute Gasteiger partial charge is 0.465 e. The number of nitrogens with one attached hydrogen (secondary N) is 2. The molecule has 0 unspecified atom stereocenters. The molecule has 0 spiro atoms. The van der Waals surface area contributed by atoms with E-state index in [1.54, 1.807) is 0 Å². The molecule has 1 atom stereocenters. The van der Waals surface area contributed by atoms with Crippen molar-refractivity contribution in [3.63, 3.8) is 0 Å². The topological polar surface area (TPSA) is 125 Å². The van der Waals surface area contributed by atoms with Crippen molar-refractivity contribution in [3.05, 3.63) is 0 Å². The van der Waals surface area contributed by atoms with Gasteiger partial charge in [0.1, 0.15) is 6.04 Å². The number of primary amides is 1. The first-order chi connectivity index (χ1) is 10.4. The van der Waals surface area contributed by atoms with Gasteiger partial charge in [-0.2, -0.15) is 0 Å². The molecule has 1 aliphatic carbocycles. The summed E-state index contributed by atoms with van der Waals surface area (Å²) in [7, 11) is 1.40. The zero-order valence-corrected chi connectivity index (χ0v) is 13.0. The van der Waals surface area contributed by atoms with Crippen molar-refractivity contribution < 1.29 is 19.5 Å². The highest BCUT2D eigenvalue weighted by molar-refractivity contribution is 5.84. The molecule has 22 heavy (non-hydrogen) atoms. The molecule has 0 aromatic carbocycles. The van der Waals surface area contributed by atoms with E-state index < -0.39 is 23.9 Å². The Kier molecular flexibility index (Phi) is 7.65. The smallest absolute Gasteiger partial charge is 0.407 e. The number of carbonyl (C=O) groups is 3. The molecule has 0 aromatic rings. The number of hydrogen-bond acceptors (Lipinski definition) is 4. The lowest BCUT2D eigenvalue weighted by Crippen LogP contribution is -2.52. The van der Waals surface area contributed by atoms with Crippen LogP contribution in [0.1, 0.15) is 44.9 Å². The highest BCUT2D eigenvalue weighted by Crippen LogP contribution is 2.28. The van der Waals surface area contributed by atoms with Crippen molar-refractivity contribution in [2.45, 2.75) is 51.0 Å². The highest BCUT2D eigenvalue weighted by Gasteiger charge is 2.30. The minimum atomic E-state index is -1.13. The van der Waals surface area contributed by atoms with Crippen LogP contribution in [0.3, 0.4) is 0 Å². The average molecular weight is 314 g/mol. The number of carboxylic acid groups (broad SMARTS) is 1. The van der Waals surface area contributed by atoms with E-state index in [2.05, 4.69) is 10.9 Å². The first-order valence-corrected chi connectivity index (χ1v) is 7.68. The summed E-state index contributed by atoms with van der Waals surface area (Å²) in [6.07, 6.45) is 5.02. The van der Waals surface area contributed by atoms with Crippen molar-refractivity contribution in [3.8, 4) is 0 Å². The van der Waals surface area contributed by atoms with Gasteiger partial charge in [-0.3, -0.25) is 19.9 Å².